The summed E-state index contributed by atoms with van der Waals surface area (Å²) in [5, 5.41) is 0. The van der Waals surface area contributed by atoms with Crippen molar-refractivity contribution in [2.45, 2.75) is 0 Å². The molecule has 0 spiro atoms. The first-order valence-corrected chi connectivity index (χ1v) is 5.49. The number of aromatic nitrogens is 1. The largest absolute Gasteiger partial charge is 0.445 e. The van der Waals surface area contributed by atoms with Crippen LogP contribution in [0.15, 0.2) is 71.5 Å². The Morgan fingerprint density at radius 2 is 1.47 bits per heavy atom. The third-order valence-corrected chi connectivity index (χ3v) is 2.67. The van der Waals surface area contributed by atoms with Gasteiger partial charge in [-0.15, -0.1) is 0 Å². The fourth-order valence-electron chi connectivity index (χ4n) is 1.90. The topological polar surface area (TPSA) is 26.0 Å². The van der Waals surface area contributed by atoms with Gasteiger partial charge in [-0.2, -0.15) is 0 Å². The average Bonchev–Trinajstić information content (AvgIpc) is 2.94. The Morgan fingerprint density at radius 3 is 2.18 bits per heavy atom. The summed E-state index contributed by atoms with van der Waals surface area (Å²) in [6, 6.07) is 18.4. The first kappa shape index (κ1) is 9.85. The second-order valence-corrected chi connectivity index (χ2v) is 3.75. The average molecular weight is 221 g/mol. The van der Waals surface area contributed by atoms with Crippen LogP contribution in [0.3, 0.4) is 0 Å². The standard InChI is InChI=1S/C15H11NO/c1-2-6-12(7-3-1)13-8-4-5-9-14(13)15-16-10-11-17-15/h1-11H. The van der Waals surface area contributed by atoms with Gasteiger partial charge in [0, 0.05) is 5.56 Å². The first-order chi connectivity index (χ1) is 8.45. The lowest BCUT2D eigenvalue weighted by molar-refractivity contribution is 0.575. The van der Waals surface area contributed by atoms with Crippen LogP contribution in [0.2, 0.25) is 0 Å². The molecule has 3 rings (SSSR count). The second kappa shape index (κ2) is 4.26. The van der Waals surface area contributed by atoms with Crippen molar-refractivity contribution in [1.29, 1.82) is 0 Å². The highest BCUT2D eigenvalue weighted by Gasteiger charge is 2.09. The molecule has 0 amide bonds. The predicted octanol–water partition coefficient (Wildman–Crippen LogP) is 4.01. The molecule has 0 aliphatic heterocycles. The van der Waals surface area contributed by atoms with Gasteiger partial charge in [-0.05, 0) is 17.2 Å². The van der Waals surface area contributed by atoms with Crippen molar-refractivity contribution in [2.75, 3.05) is 0 Å². The highest BCUT2D eigenvalue weighted by molar-refractivity contribution is 5.79. The lowest BCUT2D eigenvalue weighted by atomic mass is 10.00. The van der Waals surface area contributed by atoms with Crippen LogP contribution >= 0.6 is 0 Å². The lowest BCUT2D eigenvalue weighted by Gasteiger charge is -2.06. The maximum Gasteiger partial charge on any atom is 0.226 e. The van der Waals surface area contributed by atoms with E-state index in [9.17, 15) is 0 Å². The van der Waals surface area contributed by atoms with E-state index < -0.39 is 0 Å². The van der Waals surface area contributed by atoms with Gasteiger partial charge in [-0.25, -0.2) is 4.98 Å². The van der Waals surface area contributed by atoms with Crippen molar-refractivity contribution in [1.82, 2.24) is 4.98 Å². The van der Waals surface area contributed by atoms with Crippen LogP contribution in [0.5, 0.6) is 0 Å². The van der Waals surface area contributed by atoms with Crippen LogP contribution in [0.1, 0.15) is 0 Å². The monoisotopic (exact) mass is 221 g/mol. The maximum atomic E-state index is 5.37. The van der Waals surface area contributed by atoms with Crippen molar-refractivity contribution in [3.63, 3.8) is 0 Å². The van der Waals surface area contributed by atoms with Gasteiger partial charge in [-0.3, -0.25) is 0 Å². The minimum atomic E-state index is 0.657. The van der Waals surface area contributed by atoms with E-state index in [1.54, 1.807) is 12.5 Å². The fraction of sp³-hybridized carbons (Fsp3) is 0. The van der Waals surface area contributed by atoms with Gasteiger partial charge in [0.15, 0.2) is 0 Å². The third kappa shape index (κ3) is 1.85. The molecule has 0 atom stereocenters. The van der Waals surface area contributed by atoms with Crippen LogP contribution in [0.4, 0.5) is 0 Å². The van der Waals surface area contributed by atoms with Gasteiger partial charge in [-0.1, -0.05) is 48.5 Å². The van der Waals surface area contributed by atoms with Crippen molar-refractivity contribution < 1.29 is 4.42 Å². The Labute approximate surface area is 99.6 Å². The number of hydrogen-bond acceptors (Lipinski definition) is 2. The number of hydrogen-bond donors (Lipinski definition) is 0. The molecule has 0 saturated heterocycles. The molecule has 0 saturated carbocycles. The predicted molar refractivity (Wildman–Crippen MR) is 67.4 cm³/mol. The highest BCUT2D eigenvalue weighted by Crippen LogP contribution is 2.30. The number of benzene rings is 2. The number of oxazole rings is 1. The third-order valence-electron chi connectivity index (χ3n) is 2.67. The number of nitrogens with zero attached hydrogens (tertiary/aromatic N) is 1. The SMILES string of the molecule is c1ccc(-c2ccccc2-c2ncco2)cc1. The molecule has 2 nitrogen and oxygen atoms in total. The van der Waals surface area contributed by atoms with E-state index in [2.05, 4.69) is 23.2 Å². The summed E-state index contributed by atoms with van der Waals surface area (Å²) in [7, 11) is 0. The second-order valence-electron chi connectivity index (χ2n) is 3.75. The van der Waals surface area contributed by atoms with Crippen LogP contribution in [0.25, 0.3) is 22.6 Å². The Kier molecular flexibility index (Phi) is 2.47. The Morgan fingerprint density at radius 1 is 0.765 bits per heavy atom. The van der Waals surface area contributed by atoms with Crippen molar-refractivity contribution in [3.8, 4) is 22.6 Å². The zero-order chi connectivity index (χ0) is 11.5. The molecule has 0 radical (unpaired) electrons. The summed E-state index contributed by atoms with van der Waals surface area (Å²) >= 11 is 0. The summed E-state index contributed by atoms with van der Waals surface area (Å²) < 4.78 is 5.37. The van der Waals surface area contributed by atoms with E-state index in [-0.39, 0.29) is 0 Å². The highest BCUT2D eigenvalue weighted by atomic mass is 16.3. The first-order valence-electron chi connectivity index (χ1n) is 5.49. The van der Waals surface area contributed by atoms with Gasteiger partial charge in [0.2, 0.25) is 5.89 Å². The Bertz CT molecular complexity index is 600. The molecule has 0 bridgehead atoms. The molecular weight excluding hydrogens is 210 g/mol. The molecule has 2 heteroatoms. The van der Waals surface area contributed by atoms with E-state index in [4.69, 9.17) is 4.42 Å². The lowest BCUT2D eigenvalue weighted by Crippen LogP contribution is -1.84. The smallest absolute Gasteiger partial charge is 0.226 e. The van der Waals surface area contributed by atoms with Crippen molar-refractivity contribution in [2.24, 2.45) is 0 Å². The molecule has 0 aliphatic carbocycles. The maximum absolute atomic E-state index is 5.37. The van der Waals surface area contributed by atoms with Crippen LogP contribution in [-0.4, -0.2) is 4.98 Å². The zero-order valence-corrected chi connectivity index (χ0v) is 9.21. The molecule has 82 valence electrons. The van der Waals surface area contributed by atoms with Gasteiger partial charge in [0.1, 0.15) is 6.26 Å². The van der Waals surface area contributed by atoms with Crippen molar-refractivity contribution in [3.05, 3.63) is 67.1 Å². The van der Waals surface area contributed by atoms with E-state index >= 15 is 0 Å². The molecule has 0 unspecified atom stereocenters. The minimum Gasteiger partial charge on any atom is -0.445 e. The summed E-state index contributed by atoms with van der Waals surface area (Å²) in [6.45, 7) is 0. The molecule has 0 aliphatic rings. The minimum absolute atomic E-state index is 0.657. The molecule has 0 N–H and O–H groups in total. The Hall–Kier alpha value is -2.35. The molecule has 2 aromatic carbocycles. The van der Waals surface area contributed by atoms with Crippen LogP contribution < -0.4 is 0 Å². The summed E-state index contributed by atoms with van der Waals surface area (Å²) in [5.74, 6) is 0.657. The van der Waals surface area contributed by atoms with Gasteiger partial charge >= 0.3 is 0 Å². The molecule has 3 aromatic rings. The van der Waals surface area contributed by atoms with Gasteiger partial charge in [0.25, 0.3) is 0 Å². The fourth-order valence-corrected chi connectivity index (χ4v) is 1.90. The van der Waals surface area contributed by atoms with Crippen LogP contribution in [-0.2, 0) is 0 Å². The van der Waals surface area contributed by atoms with E-state index in [0.29, 0.717) is 5.89 Å². The molecule has 1 heterocycles. The summed E-state index contributed by atoms with van der Waals surface area (Å²) in [6.07, 6.45) is 3.26. The van der Waals surface area contributed by atoms with E-state index in [0.717, 1.165) is 11.1 Å². The van der Waals surface area contributed by atoms with Gasteiger partial charge in [0.05, 0.1) is 6.20 Å². The Balaban J connectivity index is 2.18. The molecular formula is C15H11NO. The quantitative estimate of drug-likeness (QED) is 0.653. The molecule has 0 fully saturated rings. The van der Waals surface area contributed by atoms with Crippen molar-refractivity contribution >= 4 is 0 Å². The number of rotatable bonds is 2. The zero-order valence-electron chi connectivity index (χ0n) is 9.21. The van der Waals surface area contributed by atoms with Crippen LogP contribution in [0, 0.1) is 0 Å². The molecule has 17 heavy (non-hydrogen) atoms. The normalized spacial score (nSPS) is 10.4. The van der Waals surface area contributed by atoms with E-state index in [1.807, 2.05) is 36.4 Å². The van der Waals surface area contributed by atoms with E-state index in [1.165, 1.54) is 5.56 Å². The van der Waals surface area contributed by atoms with Gasteiger partial charge < -0.3 is 4.42 Å². The summed E-state index contributed by atoms with van der Waals surface area (Å²) in [4.78, 5) is 4.21. The molecule has 1 aromatic heterocycles. The summed E-state index contributed by atoms with van der Waals surface area (Å²) in [5.41, 5.74) is 3.32.